The Morgan fingerprint density at radius 3 is 2.55 bits per heavy atom. The maximum Gasteiger partial charge on any atom is 0.299 e. The van der Waals surface area contributed by atoms with Gasteiger partial charge in [0.05, 0.1) is 11.3 Å². The standard InChI is InChI=1S/C17H14N2O3/c1-11-7-8-14-13(9-11)16(21)17(22)19(14)10-15(20)18-12-5-3-2-4-6-12/h2-9H,10H2,1H3,(H,18,20). The van der Waals surface area contributed by atoms with Crippen molar-refractivity contribution < 1.29 is 14.4 Å². The van der Waals surface area contributed by atoms with E-state index in [1.165, 1.54) is 4.90 Å². The van der Waals surface area contributed by atoms with Crippen LogP contribution in [0.5, 0.6) is 0 Å². The fourth-order valence-electron chi connectivity index (χ4n) is 2.44. The van der Waals surface area contributed by atoms with E-state index in [2.05, 4.69) is 5.32 Å². The van der Waals surface area contributed by atoms with Gasteiger partial charge in [0.15, 0.2) is 0 Å². The summed E-state index contributed by atoms with van der Waals surface area (Å²) in [5.41, 5.74) is 2.39. The smallest absolute Gasteiger partial charge is 0.299 e. The molecule has 1 aliphatic rings. The normalized spacial score (nSPS) is 13.2. The van der Waals surface area contributed by atoms with Crippen molar-refractivity contribution in [3.63, 3.8) is 0 Å². The molecule has 22 heavy (non-hydrogen) atoms. The van der Waals surface area contributed by atoms with Crippen LogP contribution < -0.4 is 10.2 Å². The molecular weight excluding hydrogens is 280 g/mol. The van der Waals surface area contributed by atoms with Crippen LogP contribution >= 0.6 is 0 Å². The first-order valence-electron chi connectivity index (χ1n) is 6.88. The molecule has 0 aromatic heterocycles. The number of para-hydroxylation sites is 1. The Bertz CT molecular complexity index is 769. The van der Waals surface area contributed by atoms with Crippen LogP contribution in [0.3, 0.4) is 0 Å². The zero-order valence-corrected chi connectivity index (χ0v) is 12.0. The monoisotopic (exact) mass is 294 g/mol. The third-order valence-corrected chi connectivity index (χ3v) is 3.49. The van der Waals surface area contributed by atoms with Gasteiger partial charge in [-0.25, -0.2) is 0 Å². The molecule has 0 saturated carbocycles. The molecule has 1 aliphatic heterocycles. The number of benzene rings is 2. The molecule has 0 fully saturated rings. The van der Waals surface area contributed by atoms with Crippen molar-refractivity contribution in [3.05, 3.63) is 59.7 Å². The second kappa shape index (κ2) is 5.44. The summed E-state index contributed by atoms with van der Waals surface area (Å²) in [5, 5.41) is 2.70. The fourth-order valence-corrected chi connectivity index (χ4v) is 2.44. The first kappa shape index (κ1) is 14.0. The number of ketones is 1. The molecule has 1 heterocycles. The highest BCUT2D eigenvalue weighted by molar-refractivity contribution is 6.52. The second-order valence-electron chi connectivity index (χ2n) is 5.16. The molecule has 0 radical (unpaired) electrons. The van der Waals surface area contributed by atoms with Crippen LogP contribution in [-0.4, -0.2) is 24.1 Å². The van der Waals surface area contributed by atoms with E-state index in [1.807, 2.05) is 19.1 Å². The van der Waals surface area contributed by atoms with Gasteiger partial charge in [0, 0.05) is 5.69 Å². The zero-order valence-electron chi connectivity index (χ0n) is 12.0. The maximum absolute atomic E-state index is 12.1. The number of hydrogen-bond acceptors (Lipinski definition) is 3. The van der Waals surface area contributed by atoms with Crippen molar-refractivity contribution in [1.29, 1.82) is 0 Å². The summed E-state index contributed by atoms with van der Waals surface area (Å²) >= 11 is 0. The van der Waals surface area contributed by atoms with Crippen molar-refractivity contribution in [2.45, 2.75) is 6.92 Å². The summed E-state index contributed by atoms with van der Waals surface area (Å²) < 4.78 is 0. The molecule has 1 N–H and O–H groups in total. The highest BCUT2D eigenvalue weighted by atomic mass is 16.2. The van der Waals surface area contributed by atoms with E-state index in [0.29, 0.717) is 16.9 Å². The van der Waals surface area contributed by atoms with Crippen molar-refractivity contribution in [2.24, 2.45) is 0 Å². The summed E-state index contributed by atoms with van der Waals surface area (Å²) in [6.45, 7) is 1.67. The minimum Gasteiger partial charge on any atom is -0.325 e. The highest BCUT2D eigenvalue weighted by Crippen LogP contribution is 2.29. The molecule has 2 amide bonds. The molecule has 0 saturated heterocycles. The minimum atomic E-state index is -0.663. The Kier molecular flexibility index (Phi) is 3.47. The molecule has 0 bridgehead atoms. The van der Waals surface area contributed by atoms with E-state index in [9.17, 15) is 14.4 Å². The SMILES string of the molecule is Cc1ccc2c(c1)C(=O)C(=O)N2CC(=O)Nc1ccccc1. The number of hydrogen-bond donors (Lipinski definition) is 1. The number of fused-ring (bicyclic) bond motifs is 1. The van der Waals surface area contributed by atoms with Gasteiger partial charge < -0.3 is 5.32 Å². The number of carbonyl (C=O) groups is 3. The van der Waals surface area contributed by atoms with Gasteiger partial charge >= 0.3 is 0 Å². The number of anilines is 2. The molecule has 110 valence electrons. The summed E-state index contributed by atoms with van der Waals surface area (Å²) in [7, 11) is 0. The largest absolute Gasteiger partial charge is 0.325 e. The van der Waals surface area contributed by atoms with Gasteiger partial charge in [-0.05, 0) is 31.2 Å². The number of nitrogens with one attached hydrogen (secondary N) is 1. The van der Waals surface area contributed by atoms with Gasteiger partial charge in [0.1, 0.15) is 6.54 Å². The molecule has 0 spiro atoms. The number of rotatable bonds is 3. The minimum absolute atomic E-state index is 0.185. The maximum atomic E-state index is 12.1. The van der Waals surface area contributed by atoms with Gasteiger partial charge in [-0.2, -0.15) is 0 Å². The van der Waals surface area contributed by atoms with Gasteiger partial charge in [-0.3, -0.25) is 19.3 Å². The lowest BCUT2D eigenvalue weighted by Crippen LogP contribution is -2.37. The third-order valence-electron chi connectivity index (χ3n) is 3.49. The van der Waals surface area contributed by atoms with Gasteiger partial charge in [-0.1, -0.05) is 29.8 Å². The van der Waals surface area contributed by atoms with Crippen LogP contribution in [0.2, 0.25) is 0 Å². The predicted molar refractivity (Wildman–Crippen MR) is 82.9 cm³/mol. The molecule has 2 aromatic rings. The van der Waals surface area contributed by atoms with E-state index in [4.69, 9.17) is 0 Å². The first-order chi connectivity index (χ1) is 10.6. The Labute approximate surface area is 127 Å². The first-order valence-corrected chi connectivity index (χ1v) is 6.88. The lowest BCUT2D eigenvalue weighted by Gasteiger charge is -2.16. The van der Waals surface area contributed by atoms with Gasteiger partial charge in [0.25, 0.3) is 11.7 Å². The number of aryl methyl sites for hydroxylation is 1. The summed E-state index contributed by atoms with van der Waals surface area (Å²) in [5.74, 6) is -1.57. The van der Waals surface area contributed by atoms with Crippen LogP contribution in [-0.2, 0) is 9.59 Å². The third kappa shape index (κ3) is 2.48. The summed E-state index contributed by atoms with van der Waals surface area (Å²) in [4.78, 5) is 37.3. The molecule has 0 atom stereocenters. The van der Waals surface area contributed by atoms with E-state index in [1.54, 1.807) is 36.4 Å². The Balaban J connectivity index is 1.80. The van der Waals surface area contributed by atoms with Crippen molar-refractivity contribution in [3.8, 4) is 0 Å². The van der Waals surface area contributed by atoms with Crippen molar-refractivity contribution >= 4 is 29.0 Å². The predicted octanol–water partition coefficient (Wildman–Crippen LogP) is 2.16. The Morgan fingerprint density at radius 2 is 1.82 bits per heavy atom. The Morgan fingerprint density at radius 1 is 1.09 bits per heavy atom. The average Bonchev–Trinajstić information content (AvgIpc) is 2.73. The molecule has 0 unspecified atom stereocenters. The molecule has 3 rings (SSSR count). The van der Waals surface area contributed by atoms with Crippen LogP contribution in [0.15, 0.2) is 48.5 Å². The van der Waals surface area contributed by atoms with Crippen LogP contribution in [0, 0.1) is 6.92 Å². The highest BCUT2D eigenvalue weighted by Gasteiger charge is 2.36. The Hall–Kier alpha value is -2.95. The number of carbonyl (C=O) groups excluding carboxylic acids is 3. The van der Waals surface area contributed by atoms with Crippen LogP contribution in [0.4, 0.5) is 11.4 Å². The van der Waals surface area contributed by atoms with Crippen LogP contribution in [0.1, 0.15) is 15.9 Å². The second-order valence-corrected chi connectivity index (χ2v) is 5.16. The molecule has 0 aliphatic carbocycles. The van der Waals surface area contributed by atoms with E-state index in [-0.39, 0.29) is 12.5 Å². The molecule has 5 nitrogen and oxygen atoms in total. The van der Waals surface area contributed by atoms with Gasteiger partial charge in [0.2, 0.25) is 5.91 Å². The van der Waals surface area contributed by atoms with E-state index >= 15 is 0 Å². The lowest BCUT2D eigenvalue weighted by molar-refractivity contribution is -0.118. The van der Waals surface area contributed by atoms with Gasteiger partial charge in [-0.15, -0.1) is 0 Å². The average molecular weight is 294 g/mol. The van der Waals surface area contributed by atoms with Crippen molar-refractivity contribution in [1.82, 2.24) is 0 Å². The van der Waals surface area contributed by atoms with E-state index < -0.39 is 11.7 Å². The number of amides is 2. The molecular formula is C17H14N2O3. The zero-order chi connectivity index (χ0) is 15.7. The quantitative estimate of drug-likeness (QED) is 0.882. The van der Waals surface area contributed by atoms with Crippen molar-refractivity contribution in [2.75, 3.05) is 16.8 Å². The fraction of sp³-hybridized carbons (Fsp3) is 0.118. The topological polar surface area (TPSA) is 66.5 Å². The molecule has 5 heteroatoms. The summed E-state index contributed by atoms with van der Waals surface area (Å²) in [6, 6.07) is 14.1. The van der Waals surface area contributed by atoms with E-state index in [0.717, 1.165) is 5.56 Å². The number of Topliss-reactive ketones (excluding diaryl/α,β-unsaturated/α-hetero) is 1. The number of nitrogens with zero attached hydrogens (tertiary/aromatic N) is 1. The summed E-state index contributed by atoms with van der Waals surface area (Å²) in [6.07, 6.45) is 0. The van der Waals surface area contributed by atoms with Crippen LogP contribution in [0.25, 0.3) is 0 Å². The lowest BCUT2D eigenvalue weighted by atomic mass is 10.1. The molecule has 2 aromatic carbocycles.